The summed E-state index contributed by atoms with van der Waals surface area (Å²) in [5.74, 6) is -9.43. The van der Waals surface area contributed by atoms with Gasteiger partial charge < -0.3 is 90.5 Å². The number of Topliss-reactive ketones (excluding diaryl/α,β-unsaturated/α-hetero) is 6. The Morgan fingerprint density at radius 3 is 1.34 bits per heavy atom. The second-order valence-electron chi connectivity index (χ2n) is 36.9. The van der Waals surface area contributed by atoms with Gasteiger partial charge in [-0.3, -0.25) is 67.6 Å². The summed E-state index contributed by atoms with van der Waals surface area (Å²) in [6, 6.07) is 7.02. The van der Waals surface area contributed by atoms with Gasteiger partial charge in [0.05, 0.1) is 66.7 Å². The number of carboxylic acid groups (broad SMARTS) is 5. The van der Waals surface area contributed by atoms with E-state index in [9.17, 15) is 92.0 Å². The van der Waals surface area contributed by atoms with Crippen molar-refractivity contribution in [2.45, 2.75) is 384 Å². The molecule has 5 amide bonds. The van der Waals surface area contributed by atoms with E-state index in [1.807, 2.05) is 12.1 Å². The molecule has 0 aliphatic carbocycles. The lowest BCUT2D eigenvalue weighted by Crippen LogP contribution is -2.42. The van der Waals surface area contributed by atoms with E-state index >= 15 is 0 Å². The van der Waals surface area contributed by atoms with E-state index in [0.29, 0.717) is 172 Å². The first kappa shape index (κ1) is 119. The highest BCUT2D eigenvalue weighted by atomic mass is 16.5. The normalized spacial score (nSPS) is 13.4. The number of aryl methyl sites for hydroxylation is 1. The quantitative estimate of drug-likeness (QED) is 0.0233. The molecule has 3 aromatic rings. The Bertz CT molecular complexity index is 4020. The number of ketones is 6. The number of H-pyrrole nitrogens is 1. The zero-order valence-electron chi connectivity index (χ0n) is 80.3. The Kier molecular flexibility index (Phi) is 63.0. The second kappa shape index (κ2) is 71.4. The van der Waals surface area contributed by atoms with Crippen LogP contribution in [-0.4, -0.2) is 211 Å². The van der Waals surface area contributed by atoms with Crippen LogP contribution in [0.5, 0.6) is 5.75 Å². The minimum atomic E-state index is -1.19. The van der Waals surface area contributed by atoms with Gasteiger partial charge in [0.25, 0.3) is 0 Å². The van der Waals surface area contributed by atoms with E-state index in [1.54, 1.807) is 44.3 Å². The number of hydrogen-bond acceptors (Lipinski definition) is 24. The molecule has 0 aliphatic heterocycles. The summed E-state index contributed by atoms with van der Waals surface area (Å²) in [6.45, 7) is 4.62. The number of hydrogen-bond donors (Lipinski definition) is 17. The molecule has 2 aromatic carbocycles. The molecule has 35 heteroatoms. The number of unbranched alkanes of at least 4 members (excludes halogenated alkanes) is 23. The fourth-order valence-corrected chi connectivity index (χ4v) is 15.9. The number of amides is 5. The number of ether oxygens (including phenoxy) is 1. The lowest BCUT2D eigenvalue weighted by Gasteiger charge is -2.25. The minimum Gasteiger partial charge on any atom is -0.494 e. The number of imidazole rings is 1. The van der Waals surface area contributed by atoms with Crippen LogP contribution in [0.4, 0.5) is 0 Å². The van der Waals surface area contributed by atoms with E-state index in [2.05, 4.69) is 41.9 Å². The molecular weight excluding hydrogens is 1740 g/mol. The molecule has 0 spiro atoms. The first-order valence-electron chi connectivity index (χ1n) is 49.6. The largest absolute Gasteiger partial charge is 0.494 e. The zero-order valence-corrected chi connectivity index (χ0v) is 80.3. The van der Waals surface area contributed by atoms with Crippen LogP contribution in [0.2, 0.25) is 0 Å². The third kappa shape index (κ3) is 56.9. The number of aromatic nitrogens is 2. The van der Waals surface area contributed by atoms with Gasteiger partial charge in [0.2, 0.25) is 29.5 Å². The van der Waals surface area contributed by atoms with Crippen molar-refractivity contribution in [1.82, 2.24) is 41.9 Å². The predicted octanol–water partition coefficient (Wildman–Crippen LogP) is 11.3. The Morgan fingerprint density at radius 2 is 0.830 bits per heavy atom. The molecule has 758 valence electrons. The summed E-state index contributed by atoms with van der Waals surface area (Å²) in [6.07, 6.45) is 30.8. The van der Waals surface area contributed by atoms with Crippen LogP contribution in [0.1, 0.15) is 360 Å². The molecule has 135 heavy (non-hydrogen) atoms. The van der Waals surface area contributed by atoms with Gasteiger partial charge in [-0.1, -0.05) is 142 Å². The third-order valence-electron chi connectivity index (χ3n) is 24.8. The third-order valence-corrected chi connectivity index (χ3v) is 24.8. The van der Waals surface area contributed by atoms with E-state index < -0.39 is 89.4 Å². The van der Waals surface area contributed by atoms with Crippen LogP contribution >= 0.6 is 0 Å². The maximum Gasteiger partial charge on any atom is 0.335 e. The molecule has 0 aliphatic rings. The van der Waals surface area contributed by atoms with Gasteiger partial charge in [-0.15, -0.1) is 0 Å². The van der Waals surface area contributed by atoms with Crippen molar-refractivity contribution in [3.63, 3.8) is 0 Å². The summed E-state index contributed by atoms with van der Waals surface area (Å²) < 4.78 is 5.68. The number of carbonyl (C=O) groups excluding carboxylic acids is 11. The van der Waals surface area contributed by atoms with Crippen molar-refractivity contribution in [3.8, 4) is 5.75 Å². The van der Waals surface area contributed by atoms with Crippen molar-refractivity contribution in [3.05, 3.63) is 83.4 Å². The van der Waals surface area contributed by atoms with Gasteiger partial charge in [-0.25, -0.2) is 19.4 Å². The molecular formula is C100H161N13O22. The lowest BCUT2D eigenvalue weighted by atomic mass is 9.78. The van der Waals surface area contributed by atoms with Crippen LogP contribution in [-0.2, 0) is 80.0 Å². The number of nitrogens with one attached hydrogen (secondary N) is 7. The van der Waals surface area contributed by atoms with Gasteiger partial charge in [0.15, 0.2) is 5.78 Å². The van der Waals surface area contributed by atoms with Crippen molar-refractivity contribution in [2.24, 2.45) is 45.9 Å². The number of aromatic carboxylic acids is 2. The van der Waals surface area contributed by atoms with Crippen molar-refractivity contribution in [1.29, 1.82) is 0 Å². The van der Waals surface area contributed by atoms with Gasteiger partial charge in [0, 0.05) is 114 Å². The molecule has 3 rings (SSSR count). The molecule has 0 unspecified atom stereocenters. The summed E-state index contributed by atoms with van der Waals surface area (Å²) in [7, 11) is 0. The molecule has 0 fully saturated rings. The predicted molar refractivity (Wildman–Crippen MR) is 514 cm³/mol. The average Bonchev–Trinajstić information content (AvgIpc) is 1.83. The van der Waals surface area contributed by atoms with Crippen LogP contribution in [0.3, 0.4) is 0 Å². The van der Waals surface area contributed by atoms with E-state index in [4.69, 9.17) is 43.6 Å². The molecule has 9 atom stereocenters. The number of nitrogens with zero attached hydrogens (tertiary/aromatic N) is 1. The van der Waals surface area contributed by atoms with Crippen LogP contribution in [0, 0.1) is 17.3 Å². The molecule has 0 saturated carbocycles. The number of benzene rings is 2. The summed E-state index contributed by atoms with van der Waals surface area (Å²) >= 11 is 0. The molecule has 35 nitrogen and oxygen atoms in total. The zero-order chi connectivity index (χ0) is 99.6. The van der Waals surface area contributed by atoms with Crippen molar-refractivity contribution in [2.75, 3.05) is 39.3 Å². The Balaban J connectivity index is 1.27. The van der Waals surface area contributed by atoms with Crippen molar-refractivity contribution >= 4 is 94.1 Å². The Hall–Kier alpha value is -10.1. The van der Waals surface area contributed by atoms with Crippen LogP contribution in [0.15, 0.2) is 61.1 Å². The molecule has 1 heterocycles. The highest BCUT2D eigenvalue weighted by molar-refractivity contribution is 5.94. The summed E-state index contributed by atoms with van der Waals surface area (Å²) in [5.41, 5.74) is 32.2. The summed E-state index contributed by atoms with van der Waals surface area (Å²) in [4.78, 5) is 208. The SMILES string of the molecule is CC(C)(CC(=O)[C@@H](N)Cc1cnc[nH]1)C(=O)CC[C@@H](CCCCNC(=O)[C@@H](N)CCCCNC(=O)[C@@H](N)CCCCCC(=O)CC[C@H](NC(=O)CCCCCCCCCCCc1ccc(C(=O)O)cc1)C(=O)O)C(=O)CN[C@@H](CCCCNC(=O)[C@@H](N)CCCCCC(=O)[C@@H](N)CCCCNC(=O)CC[C@H](CC(=O)CCCCCCCCCCOc1ccc(C(=O)O)cc1)C(=O)O)C(=O)O. The molecule has 1 aromatic heterocycles. The van der Waals surface area contributed by atoms with E-state index in [1.165, 1.54) is 18.5 Å². The molecule has 0 bridgehead atoms. The van der Waals surface area contributed by atoms with Gasteiger partial charge in [0.1, 0.15) is 46.7 Å². The number of carboxylic acids is 5. The lowest BCUT2D eigenvalue weighted by molar-refractivity contribution is -0.144. The van der Waals surface area contributed by atoms with Crippen LogP contribution in [0.25, 0.3) is 0 Å². The van der Waals surface area contributed by atoms with E-state index in [0.717, 1.165) is 108 Å². The average molecular weight is 1900 g/mol. The van der Waals surface area contributed by atoms with Gasteiger partial charge in [-0.2, -0.15) is 0 Å². The van der Waals surface area contributed by atoms with E-state index in [-0.39, 0.29) is 178 Å². The number of aromatic amines is 1. The topological polar surface area (TPSA) is 614 Å². The van der Waals surface area contributed by atoms with Gasteiger partial charge >= 0.3 is 29.8 Å². The maximum atomic E-state index is 14.0. The Labute approximate surface area is 797 Å². The highest BCUT2D eigenvalue weighted by Crippen LogP contribution is 2.29. The summed E-state index contributed by atoms with van der Waals surface area (Å²) in [5, 5.41) is 64.4. The minimum absolute atomic E-state index is 0.00646. The molecule has 22 N–H and O–H groups in total. The Morgan fingerprint density at radius 1 is 0.385 bits per heavy atom. The smallest absolute Gasteiger partial charge is 0.335 e. The number of rotatable bonds is 87. The molecule has 0 radical (unpaired) electrons. The first-order valence-corrected chi connectivity index (χ1v) is 49.6. The molecule has 0 saturated heterocycles. The second-order valence-corrected chi connectivity index (χ2v) is 36.9. The number of carbonyl (C=O) groups is 16. The monoisotopic (exact) mass is 1900 g/mol. The first-order chi connectivity index (χ1) is 64.6. The maximum absolute atomic E-state index is 14.0. The van der Waals surface area contributed by atoms with Crippen LogP contribution < -0.4 is 65.3 Å². The number of aliphatic carboxylic acids is 3. The van der Waals surface area contributed by atoms with Crippen molar-refractivity contribution < 1.29 is 107 Å². The van der Waals surface area contributed by atoms with Gasteiger partial charge in [-0.05, 0) is 190 Å². The highest BCUT2D eigenvalue weighted by Gasteiger charge is 2.34. The fourth-order valence-electron chi connectivity index (χ4n) is 15.9. The standard InChI is InChI=1S/C100H161N13O22/c1-100(2,66-87(117)83(105)65-75-67-106-69-112-75)89(119)57-51-71(35-25-29-60-108-94(124)82(104)41-27-31-61-109-92(122)80(102)39-21-16-20-36-76(114)53-56-85(99(133)134)113-91(121)44-24-14-10-5-3-4-8-12-18-34-70-45-47-72(48-46-70)95(125)126)88(118)68-111-84(98(131)132)42-28-32-62-110-93(123)81(103)40-22-17-23-43-86(116)79(101)38-26-30-59-107-90(120)58-52-74(97(129)130)64-77(115)37-19-13-9-6-7-11-15-33-63-135-78-54-49-73(50-55-78)96(127)128/h45-50,54-55,67,69,71,74,79-85,111H,3-44,51-53,56-66,68,101-105H2,1-2H3,(H,106,112)(H,107,120)(H,108,124)(H,109,122)(H,110,123)(H,113,121)(H,125,126)(H,127,128)(H,129,130)(H,131,132)(H,133,134)/t71-,74-,79+,80+,81+,82+,83+,84+,85+/m1/s1. The number of nitrogens with two attached hydrogens (primary N) is 5. The fraction of sp³-hybridized carbons (Fsp3) is 0.690.